The van der Waals surface area contributed by atoms with Crippen molar-refractivity contribution in [1.82, 2.24) is 9.55 Å². The molecule has 1 N–H and O–H groups in total. The Kier molecular flexibility index (Phi) is 4.47. The Morgan fingerprint density at radius 3 is 2.78 bits per heavy atom. The van der Waals surface area contributed by atoms with Gasteiger partial charge in [0.05, 0.1) is 27.3 Å². The third-order valence-electron chi connectivity index (χ3n) is 5.89. The number of aliphatic hydroxyl groups is 1. The molecule has 1 atom stereocenters. The van der Waals surface area contributed by atoms with Crippen molar-refractivity contribution in [3.05, 3.63) is 62.2 Å². The molecule has 0 amide bonds. The number of halogens is 1. The number of allylic oxidation sites excluding steroid dienone is 1. The number of aliphatic hydroxyl groups excluding tert-OH is 1. The summed E-state index contributed by atoms with van der Waals surface area (Å²) >= 11 is 3.33. The Labute approximate surface area is 167 Å². The summed E-state index contributed by atoms with van der Waals surface area (Å²) in [5, 5.41) is 10.7. The SMILES string of the molecule is CC1=C(Cn2c3ccc(Br)c(=O)c-3nc3ccccc32)CCC(C)(C)C1O. The van der Waals surface area contributed by atoms with Crippen molar-refractivity contribution in [2.45, 2.75) is 46.3 Å². The van der Waals surface area contributed by atoms with Crippen LogP contribution in [-0.4, -0.2) is 20.8 Å². The summed E-state index contributed by atoms with van der Waals surface area (Å²) < 4.78 is 2.68. The predicted octanol–water partition coefficient (Wildman–Crippen LogP) is 4.76. The first-order chi connectivity index (χ1) is 12.8. The monoisotopic (exact) mass is 426 g/mol. The molecule has 0 saturated heterocycles. The largest absolute Gasteiger partial charge is 0.388 e. The summed E-state index contributed by atoms with van der Waals surface area (Å²) in [5.41, 5.74) is 5.17. The molecular weight excluding hydrogens is 404 g/mol. The van der Waals surface area contributed by atoms with Crippen LogP contribution in [0.15, 0.2) is 56.8 Å². The zero-order valence-corrected chi connectivity index (χ0v) is 17.4. The minimum atomic E-state index is -0.439. The fraction of sp³-hybridized carbons (Fsp3) is 0.364. The van der Waals surface area contributed by atoms with Gasteiger partial charge in [0.25, 0.3) is 0 Å². The molecule has 2 aliphatic carbocycles. The number of aromatic nitrogens is 2. The number of rotatable bonds is 2. The summed E-state index contributed by atoms with van der Waals surface area (Å²) in [5.74, 6) is 0. The Morgan fingerprint density at radius 1 is 1.26 bits per heavy atom. The number of hydrogen-bond acceptors (Lipinski definition) is 3. The first kappa shape index (κ1) is 18.4. The molecule has 0 saturated carbocycles. The van der Waals surface area contributed by atoms with Crippen LogP contribution in [0.5, 0.6) is 0 Å². The molecule has 1 aromatic rings. The molecule has 140 valence electrons. The molecule has 3 aliphatic rings. The molecule has 4 nitrogen and oxygen atoms in total. The van der Waals surface area contributed by atoms with E-state index in [4.69, 9.17) is 0 Å². The second-order valence-corrected chi connectivity index (χ2v) is 8.96. The maximum atomic E-state index is 12.6. The zero-order chi connectivity index (χ0) is 19.3. The normalized spacial score (nSPS) is 19.8. The van der Waals surface area contributed by atoms with E-state index in [1.54, 1.807) is 6.07 Å². The van der Waals surface area contributed by atoms with Gasteiger partial charge in [-0.15, -0.1) is 0 Å². The quantitative estimate of drug-likeness (QED) is 0.474. The molecule has 1 aliphatic heterocycles. The van der Waals surface area contributed by atoms with Crippen molar-refractivity contribution in [3.63, 3.8) is 0 Å². The lowest BCUT2D eigenvalue weighted by molar-refractivity contribution is 0.0636. The van der Waals surface area contributed by atoms with Crippen molar-refractivity contribution in [3.8, 4) is 11.4 Å². The number of benzene rings is 2. The maximum absolute atomic E-state index is 12.6. The first-order valence-electron chi connectivity index (χ1n) is 9.24. The summed E-state index contributed by atoms with van der Waals surface area (Å²) in [6.45, 7) is 6.91. The smallest absolute Gasteiger partial charge is 0.220 e. The van der Waals surface area contributed by atoms with E-state index in [0.717, 1.165) is 35.1 Å². The summed E-state index contributed by atoms with van der Waals surface area (Å²) in [7, 11) is 0. The minimum Gasteiger partial charge on any atom is -0.388 e. The number of fused-ring (bicyclic) bond motifs is 2. The van der Waals surface area contributed by atoms with Gasteiger partial charge >= 0.3 is 0 Å². The van der Waals surface area contributed by atoms with E-state index in [-0.39, 0.29) is 10.8 Å². The fourth-order valence-electron chi connectivity index (χ4n) is 4.05. The Morgan fingerprint density at radius 2 is 2.00 bits per heavy atom. The van der Waals surface area contributed by atoms with E-state index in [1.165, 1.54) is 5.57 Å². The van der Waals surface area contributed by atoms with Crippen LogP contribution < -0.4 is 5.43 Å². The van der Waals surface area contributed by atoms with Gasteiger partial charge in [0.1, 0.15) is 5.69 Å². The van der Waals surface area contributed by atoms with Gasteiger partial charge in [0, 0.05) is 6.54 Å². The third kappa shape index (κ3) is 3.03. The van der Waals surface area contributed by atoms with Crippen LogP contribution in [0.2, 0.25) is 0 Å². The molecule has 1 unspecified atom stereocenters. The second kappa shape index (κ2) is 6.57. The molecule has 0 radical (unpaired) electrons. The highest BCUT2D eigenvalue weighted by atomic mass is 79.9. The van der Waals surface area contributed by atoms with Crippen molar-refractivity contribution in [2.75, 3.05) is 0 Å². The van der Waals surface area contributed by atoms with E-state index in [0.29, 0.717) is 16.7 Å². The number of nitrogens with zero attached hydrogens (tertiary/aromatic N) is 2. The highest BCUT2D eigenvalue weighted by Crippen LogP contribution is 2.40. The first-order valence-corrected chi connectivity index (χ1v) is 10.0. The summed E-state index contributed by atoms with van der Waals surface area (Å²) in [4.78, 5) is 17.3. The van der Waals surface area contributed by atoms with Crippen molar-refractivity contribution >= 4 is 27.0 Å². The van der Waals surface area contributed by atoms with Gasteiger partial charge in [-0.05, 0) is 76.5 Å². The van der Waals surface area contributed by atoms with Crippen molar-refractivity contribution in [1.29, 1.82) is 0 Å². The van der Waals surface area contributed by atoms with Crippen LogP contribution >= 0.6 is 15.9 Å². The van der Waals surface area contributed by atoms with E-state index >= 15 is 0 Å². The van der Waals surface area contributed by atoms with Crippen molar-refractivity contribution < 1.29 is 5.11 Å². The molecule has 0 bridgehead atoms. The standard InChI is InChI=1S/C22H23BrN2O2/c1-13-14(10-11-22(2,3)21(13)27)12-25-17-7-5-4-6-16(17)24-19-18(25)9-8-15(23)20(19)26/h4-9,21,27H,10-12H2,1-3H3. The van der Waals surface area contributed by atoms with Crippen LogP contribution in [0.1, 0.15) is 33.6 Å². The molecule has 5 heteroatoms. The predicted molar refractivity (Wildman–Crippen MR) is 112 cm³/mol. The second-order valence-electron chi connectivity index (χ2n) is 8.11. The van der Waals surface area contributed by atoms with Gasteiger partial charge in [-0.1, -0.05) is 26.0 Å². The molecular formula is C22H23BrN2O2. The van der Waals surface area contributed by atoms with Crippen LogP contribution in [0.4, 0.5) is 0 Å². The molecule has 0 fully saturated rings. The summed E-state index contributed by atoms with van der Waals surface area (Å²) in [6.07, 6.45) is 1.45. The lowest BCUT2D eigenvalue weighted by atomic mass is 9.72. The summed E-state index contributed by atoms with van der Waals surface area (Å²) in [6, 6.07) is 11.6. The molecule has 4 rings (SSSR count). The Bertz CT molecular complexity index is 1100. The lowest BCUT2D eigenvalue weighted by Crippen LogP contribution is -2.35. The van der Waals surface area contributed by atoms with Gasteiger partial charge < -0.3 is 9.67 Å². The van der Waals surface area contributed by atoms with E-state index in [9.17, 15) is 9.90 Å². The lowest BCUT2D eigenvalue weighted by Gasteiger charge is -2.38. The van der Waals surface area contributed by atoms with E-state index < -0.39 is 6.10 Å². The van der Waals surface area contributed by atoms with Crippen LogP contribution in [0.25, 0.3) is 22.4 Å². The van der Waals surface area contributed by atoms with Crippen LogP contribution in [0, 0.1) is 5.41 Å². The zero-order valence-electron chi connectivity index (χ0n) is 15.8. The number of para-hydroxylation sites is 2. The Balaban J connectivity index is 1.94. The van der Waals surface area contributed by atoms with Gasteiger partial charge in [-0.2, -0.15) is 0 Å². The molecule has 1 heterocycles. The van der Waals surface area contributed by atoms with Gasteiger partial charge in [0.2, 0.25) is 5.43 Å². The van der Waals surface area contributed by atoms with Gasteiger partial charge in [-0.25, -0.2) is 4.98 Å². The van der Waals surface area contributed by atoms with Crippen LogP contribution in [0.3, 0.4) is 0 Å². The Hall–Kier alpha value is -1.98. The third-order valence-corrected chi connectivity index (χ3v) is 6.51. The molecule has 1 aromatic carbocycles. The van der Waals surface area contributed by atoms with Gasteiger partial charge in [0.15, 0.2) is 0 Å². The van der Waals surface area contributed by atoms with E-state index in [2.05, 4.69) is 39.3 Å². The van der Waals surface area contributed by atoms with E-state index in [1.807, 2.05) is 37.3 Å². The van der Waals surface area contributed by atoms with Crippen LogP contribution in [-0.2, 0) is 6.54 Å². The minimum absolute atomic E-state index is 0.0949. The highest BCUT2D eigenvalue weighted by molar-refractivity contribution is 9.10. The van der Waals surface area contributed by atoms with Crippen molar-refractivity contribution in [2.24, 2.45) is 5.41 Å². The average molecular weight is 427 g/mol. The van der Waals surface area contributed by atoms with Gasteiger partial charge in [-0.3, -0.25) is 4.79 Å². The molecule has 27 heavy (non-hydrogen) atoms. The number of hydrogen-bond donors (Lipinski definition) is 1. The topological polar surface area (TPSA) is 55.1 Å². The molecule has 0 spiro atoms. The highest BCUT2D eigenvalue weighted by Gasteiger charge is 2.34. The molecule has 0 aromatic heterocycles. The average Bonchev–Trinajstić information content (AvgIpc) is 2.65. The fourth-order valence-corrected chi connectivity index (χ4v) is 4.37. The maximum Gasteiger partial charge on any atom is 0.220 e.